The lowest BCUT2D eigenvalue weighted by atomic mass is 10.0. The maximum Gasteiger partial charge on any atom is 0.231 e. The summed E-state index contributed by atoms with van der Waals surface area (Å²) >= 11 is 3.18. The van der Waals surface area contributed by atoms with Gasteiger partial charge in [-0.3, -0.25) is 4.79 Å². The summed E-state index contributed by atoms with van der Waals surface area (Å²) in [7, 11) is 0. The van der Waals surface area contributed by atoms with E-state index in [1.54, 1.807) is 18.2 Å². The molecule has 2 atom stereocenters. The SMILES string of the molecule is NC1COCC1C(=O)Nc1cccc(Br)c1O. The fraction of sp³-hybridized carbons (Fsp3) is 0.364. The third kappa shape index (κ3) is 2.59. The van der Waals surface area contributed by atoms with Gasteiger partial charge in [-0.15, -0.1) is 0 Å². The van der Waals surface area contributed by atoms with E-state index in [0.29, 0.717) is 23.4 Å². The van der Waals surface area contributed by atoms with Crippen molar-refractivity contribution in [3.05, 3.63) is 22.7 Å². The summed E-state index contributed by atoms with van der Waals surface area (Å²) in [5, 5.41) is 12.4. The number of nitrogens with two attached hydrogens (primary N) is 1. The van der Waals surface area contributed by atoms with Gasteiger partial charge in [0.05, 0.1) is 29.3 Å². The highest BCUT2D eigenvalue weighted by Gasteiger charge is 2.31. The van der Waals surface area contributed by atoms with Gasteiger partial charge < -0.3 is 20.9 Å². The number of para-hydroxylation sites is 1. The Morgan fingerprint density at radius 1 is 1.53 bits per heavy atom. The Balaban J connectivity index is 2.10. The van der Waals surface area contributed by atoms with Crippen LogP contribution in [0.1, 0.15) is 0 Å². The molecule has 1 aliphatic rings. The monoisotopic (exact) mass is 300 g/mol. The number of aromatic hydroxyl groups is 1. The number of carbonyl (C=O) groups is 1. The highest BCUT2D eigenvalue weighted by atomic mass is 79.9. The molecular weight excluding hydrogens is 288 g/mol. The molecule has 1 aromatic rings. The second kappa shape index (κ2) is 5.03. The fourth-order valence-corrected chi connectivity index (χ4v) is 2.05. The Labute approximate surface area is 107 Å². The van der Waals surface area contributed by atoms with Gasteiger partial charge in [-0.2, -0.15) is 0 Å². The zero-order valence-corrected chi connectivity index (χ0v) is 10.6. The van der Waals surface area contributed by atoms with E-state index in [0.717, 1.165) is 0 Å². The van der Waals surface area contributed by atoms with Gasteiger partial charge in [0.1, 0.15) is 0 Å². The van der Waals surface area contributed by atoms with Gasteiger partial charge in [0.25, 0.3) is 0 Å². The van der Waals surface area contributed by atoms with Gasteiger partial charge in [-0.1, -0.05) is 6.07 Å². The molecule has 1 aliphatic heterocycles. The van der Waals surface area contributed by atoms with Crippen LogP contribution in [-0.2, 0) is 9.53 Å². The normalized spacial score (nSPS) is 23.6. The number of nitrogens with one attached hydrogen (secondary N) is 1. The lowest BCUT2D eigenvalue weighted by Crippen LogP contribution is -2.37. The molecule has 1 amide bonds. The van der Waals surface area contributed by atoms with E-state index in [1.807, 2.05) is 0 Å². The molecule has 1 fully saturated rings. The Morgan fingerprint density at radius 3 is 2.94 bits per heavy atom. The largest absolute Gasteiger partial charge is 0.505 e. The standard InChI is InChI=1S/C11H13BrN2O3/c12-7-2-1-3-9(10(7)15)14-11(16)6-4-17-5-8(6)13/h1-3,6,8,15H,4-5,13H2,(H,14,16). The minimum absolute atomic E-state index is 0.00772. The average molecular weight is 301 g/mol. The Morgan fingerprint density at radius 2 is 2.29 bits per heavy atom. The molecule has 1 aromatic carbocycles. The maximum atomic E-state index is 11.9. The van der Waals surface area contributed by atoms with Gasteiger partial charge in [0, 0.05) is 6.04 Å². The second-order valence-electron chi connectivity index (χ2n) is 3.93. The van der Waals surface area contributed by atoms with Crippen molar-refractivity contribution in [1.82, 2.24) is 0 Å². The van der Waals surface area contributed by atoms with Gasteiger partial charge in [-0.25, -0.2) is 0 Å². The van der Waals surface area contributed by atoms with Crippen LogP contribution in [0.4, 0.5) is 5.69 Å². The van der Waals surface area contributed by atoms with E-state index in [-0.39, 0.29) is 23.6 Å². The molecule has 0 spiro atoms. The first kappa shape index (κ1) is 12.3. The molecule has 1 saturated heterocycles. The predicted molar refractivity (Wildman–Crippen MR) is 66.7 cm³/mol. The van der Waals surface area contributed by atoms with Crippen molar-refractivity contribution in [2.24, 2.45) is 11.7 Å². The predicted octanol–water partition coefficient (Wildman–Crippen LogP) is 1.07. The van der Waals surface area contributed by atoms with Crippen molar-refractivity contribution in [2.75, 3.05) is 18.5 Å². The molecule has 4 N–H and O–H groups in total. The number of hydrogen-bond acceptors (Lipinski definition) is 4. The molecule has 1 heterocycles. The number of phenolic OH excluding ortho intramolecular Hbond substituents is 1. The van der Waals surface area contributed by atoms with Gasteiger partial charge in [0.15, 0.2) is 5.75 Å². The molecule has 6 heteroatoms. The number of amides is 1. The first-order valence-electron chi connectivity index (χ1n) is 5.21. The first-order chi connectivity index (χ1) is 8.09. The molecule has 2 unspecified atom stereocenters. The van der Waals surface area contributed by atoms with Crippen LogP contribution < -0.4 is 11.1 Å². The molecule has 92 valence electrons. The number of rotatable bonds is 2. The van der Waals surface area contributed by atoms with Crippen molar-refractivity contribution in [3.8, 4) is 5.75 Å². The van der Waals surface area contributed by atoms with E-state index in [1.165, 1.54) is 0 Å². The lowest BCUT2D eigenvalue weighted by Gasteiger charge is -2.14. The van der Waals surface area contributed by atoms with Crippen LogP contribution in [0.25, 0.3) is 0 Å². The van der Waals surface area contributed by atoms with Crippen LogP contribution >= 0.6 is 15.9 Å². The number of carbonyl (C=O) groups excluding carboxylic acids is 1. The second-order valence-corrected chi connectivity index (χ2v) is 4.79. The van der Waals surface area contributed by atoms with E-state index in [2.05, 4.69) is 21.2 Å². The summed E-state index contributed by atoms with van der Waals surface area (Å²) in [4.78, 5) is 11.9. The highest BCUT2D eigenvalue weighted by molar-refractivity contribution is 9.10. The molecule has 5 nitrogen and oxygen atoms in total. The van der Waals surface area contributed by atoms with E-state index in [4.69, 9.17) is 10.5 Å². The Hall–Kier alpha value is -1.11. The molecule has 0 aromatic heterocycles. The Kier molecular flexibility index (Phi) is 3.66. The molecule has 0 bridgehead atoms. The van der Waals surface area contributed by atoms with E-state index in [9.17, 15) is 9.90 Å². The summed E-state index contributed by atoms with van der Waals surface area (Å²) in [5.74, 6) is -0.592. The number of ether oxygens (including phenoxy) is 1. The molecule has 2 rings (SSSR count). The number of phenols is 1. The summed E-state index contributed by atoms with van der Waals surface area (Å²) in [6.45, 7) is 0.713. The lowest BCUT2D eigenvalue weighted by molar-refractivity contribution is -0.120. The van der Waals surface area contributed by atoms with Crippen molar-refractivity contribution in [2.45, 2.75) is 6.04 Å². The van der Waals surface area contributed by atoms with Gasteiger partial charge in [0.2, 0.25) is 5.91 Å². The summed E-state index contributed by atoms with van der Waals surface area (Å²) < 4.78 is 5.65. The van der Waals surface area contributed by atoms with Crippen LogP contribution in [0.15, 0.2) is 22.7 Å². The van der Waals surface area contributed by atoms with Crippen LogP contribution in [0.5, 0.6) is 5.75 Å². The van der Waals surface area contributed by atoms with E-state index < -0.39 is 0 Å². The van der Waals surface area contributed by atoms with E-state index >= 15 is 0 Å². The fourth-order valence-electron chi connectivity index (χ4n) is 1.68. The topological polar surface area (TPSA) is 84.6 Å². The quantitative estimate of drug-likeness (QED) is 0.713. The third-order valence-corrected chi connectivity index (χ3v) is 3.35. The minimum atomic E-state index is -0.367. The smallest absolute Gasteiger partial charge is 0.231 e. The van der Waals surface area contributed by atoms with Crippen molar-refractivity contribution >= 4 is 27.5 Å². The third-order valence-electron chi connectivity index (χ3n) is 2.71. The zero-order chi connectivity index (χ0) is 12.4. The number of hydrogen-bond donors (Lipinski definition) is 3. The molecule has 0 saturated carbocycles. The highest BCUT2D eigenvalue weighted by Crippen LogP contribution is 2.32. The summed E-state index contributed by atoms with van der Waals surface area (Å²) in [5.41, 5.74) is 6.11. The summed E-state index contributed by atoms with van der Waals surface area (Å²) in [6, 6.07) is 4.75. The molecule has 17 heavy (non-hydrogen) atoms. The van der Waals surface area contributed by atoms with Gasteiger partial charge in [-0.05, 0) is 28.1 Å². The van der Waals surface area contributed by atoms with Crippen LogP contribution in [0.2, 0.25) is 0 Å². The van der Waals surface area contributed by atoms with Crippen molar-refractivity contribution < 1.29 is 14.6 Å². The zero-order valence-electron chi connectivity index (χ0n) is 9.02. The minimum Gasteiger partial charge on any atom is -0.505 e. The van der Waals surface area contributed by atoms with Gasteiger partial charge >= 0.3 is 0 Å². The Bertz CT molecular complexity index is 439. The summed E-state index contributed by atoms with van der Waals surface area (Å²) in [6.07, 6.45) is 0. The number of anilines is 1. The average Bonchev–Trinajstić information content (AvgIpc) is 2.71. The molecule has 0 radical (unpaired) electrons. The van der Waals surface area contributed by atoms with Crippen molar-refractivity contribution in [3.63, 3.8) is 0 Å². The molecule has 0 aliphatic carbocycles. The van der Waals surface area contributed by atoms with Crippen LogP contribution in [-0.4, -0.2) is 30.3 Å². The number of benzene rings is 1. The first-order valence-corrected chi connectivity index (χ1v) is 6.00. The van der Waals surface area contributed by atoms with Crippen LogP contribution in [0.3, 0.4) is 0 Å². The number of halogens is 1. The maximum absolute atomic E-state index is 11.9. The van der Waals surface area contributed by atoms with Crippen LogP contribution in [0, 0.1) is 5.92 Å². The van der Waals surface area contributed by atoms with Crippen molar-refractivity contribution in [1.29, 1.82) is 0 Å². The molecular formula is C11H13BrN2O3.